The molecule has 0 aliphatic carbocycles. The van der Waals surface area contributed by atoms with E-state index < -0.39 is 0 Å². The maximum atomic E-state index is 11.7. The molecule has 0 fully saturated rings. The Morgan fingerprint density at radius 1 is 1.24 bits per heavy atom. The summed E-state index contributed by atoms with van der Waals surface area (Å²) in [7, 11) is 6.10. The van der Waals surface area contributed by atoms with Crippen molar-refractivity contribution in [2.75, 3.05) is 34.4 Å². The number of carbonyl (C=O) groups excluding carboxylic acids is 1. The van der Waals surface area contributed by atoms with Crippen LogP contribution in [-0.2, 0) is 4.79 Å². The second-order valence-corrected chi connectivity index (χ2v) is 12.3. The number of nitrogens with zero attached hydrogens (tertiary/aromatic N) is 3. The Bertz CT molecular complexity index is 288. The molecular formula is C8H15I4N4O+. The monoisotopic (exact) mass is 691 g/mol. The first-order valence-corrected chi connectivity index (χ1v) is 8.47. The minimum Gasteiger partial charge on any atom is -0.314 e. The number of nitrogens with one attached hydrogen (secondary N) is 1. The van der Waals surface area contributed by atoms with Crippen LogP contribution in [0.15, 0.2) is 11.8 Å². The lowest BCUT2D eigenvalue weighted by Gasteiger charge is -2.23. The number of hydrogen-bond donors (Lipinski definition) is 1. The summed E-state index contributed by atoms with van der Waals surface area (Å²) >= 11 is 8.67. The van der Waals surface area contributed by atoms with E-state index in [0.717, 1.165) is 5.70 Å². The molecule has 0 heterocycles. The number of amides is 1. The zero-order chi connectivity index (χ0) is 13.6. The molecule has 1 N–H and O–H groups in total. The molecule has 5 nitrogen and oxygen atoms in total. The number of rotatable bonds is 6. The Labute approximate surface area is 158 Å². The van der Waals surface area contributed by atoms with Crippen molar-refractivity contribution in [3.8, 4) is 0 Å². The summed E-state index contributed by atoms with van der Waals surface area (Å²) in [4.78, 5) is 11.7. The summed E-state index contributed by atoms with van der Waals surface area (Å²) < 4.78 is 4.57. The molecule has 0 aromatic heterocycles. The van der Waals surface area contributed by atoms with Gasteiger partial charge in [-0.1, -0.05) is 0 Å². The molecule has 1 amide bonds. The average molecular weight is 691 g/mol. The lowest BCUT2D eigenvalue weighted by molar-refractivity contribution is -0.872. The minimum atomic E-state index is -0.0546. The predicted molar refractivity (Wildman–Crippen MR) is 104 cm³/mol. The van der Waals surface area contributed by atoms with Gasteiger partial charge in [0.05, 0.1) is 79.1 Å². The van der Waals surface area contributed by atoms with Gasteiger partial charge in [-0.25, -0.2) is 0 Å². The Morgan fingerprint density at radius 3 is 2.12 bits per heavy atom. The van der Waals surface area contributed by atoms with Gasteiger partial charge in [-0.15, -0.1) is 0 Å². The molecule has 0 aromatic carbocycles. The Hall–Kier alpha value is 1.85. The highest BCUT2D eigenvalue weighted by molar-refractivity contribution is 14.2. The van der Waals surface area contributed by atoms with Crippen molar-refractivity contribution >= 4 is 97.4 Å². The summed E-state index contributed by atoms with van der Waals surface area (Å²) in [5, 5.41) is 2.88. The van der Waals surface area contributed by atoms with Crippen molar-refractivity contribution in [1.29, 1.82) is 0 Å². The molecule has 0 aromatic rings. The normalized spacial score (nSPS) is 12.8. The van der Waals surface area contributed by atoms with Gasteiger partial charge in [0, 0.05) is 51.8 Å². The second-order valence-electron chi connectivity index (χ2n) is 4.32. The number of quaternary nitrogens is 1. The molecule has 9 heteroatoms. The third kappa shape index (κ3) is 11.4. The van der Waals surface area contributed by atoms with Crippen molar-refractivity contribution in [3.05, 3.63) is 11.8 Å². The molecule has 0 saturated carbocycles. The highest BCUT2D eigenvalue weighted by Gasteiger charge is 2.11. The molecule has 0 unspecified atom stereocenters. The Balaban J connectivity index is 4.45. The topological polar surface area (TPSA) is 35.6 Å². The molecular weight excluding hydrogens is 676 g/mol. The van der Waals surface area contributed by atoms with Crippen molar-refractivity contribution in [2.45, 2.75) is 0 Å². The van der Waals surface area contributed by atoms with Gasteiger partial charge in [0.15, 0.2) is 6.67 Å². The molecule has 17 heavy (non-hydrogen) atoms. The van der Waals surface area contributed by atoms with Gasteiger partial charge in [-0.05, 0) is 0 Å². The SMILES string of the molecule is C[N+](C)(C)CNC(=O)C=C(CN(I)I)N(I)I. The van der Waals surface area contributed by atoms with E-state index in [4.69, 9.17) is 0 Å². The molecule has 0 saturated heterocycles. The molecule has 100 valence electrons. The van der Waals surface area contributed by atoms with Crippen molar-refractivity contribution < 1.29 is 9.28 Å². The number of halogens is 4. The van der Waals surface area contributed by atoms with E-state index in [9.17, 15) is 4.79 Å². The molecule has 0 rings (SSSR count). The summed E-state index contributed by atoms with van der Waals surface area (Å²) in [5.41, 5.74) is 0.953. The van der Waals surface area contributed by atoms with Gasteiger partial charge in [-0.3, -0.25) is 6.12 Å². The average Bonchev–Trinajstić information content (AvgIpc) is 2.11. The molecule has 0 radical (unpaired) electrons. The predicted octanol–water partition coefficient (Wildman–Crippen LogP) is 2.65. The molecule has 0 aliphatic rings. The largest absolute Gasteiger partial charge is 0.314 e. The van der Waals surface area contributed by atoms with Gasteiger partial charge < -0.3 is 9.80 Å². The zero-order valence-electron chi connectivity index (χ0n) is 9.75. The van der Waals surface area contributed by atoms with Crippen molar-refractivity contribution in [2.24, 2.45) is 0 Å². The summed E-state index contributed by atoms with van der Waals surface area (Å²) in [6.45, 7) is 1.33. The number of hydrogen-bond acceptors (Lipinski definition) is 3. The van der Waals surface area contributed by atoms with E-state index in [0.29, 0.717) is 17.7 Å². The van der Waals surface area contributed by atoms with Crippen LogP contribution in [-0.4, -0.2) is 47.4 Å². The highest BCUT2D eigenvalue weighted by Crippen LogP contribution is 2.21. The Kier molecular flexibility index (Phi) is 9.88. The van der Waals surface area contributed by atoms with Gasteiger partial charge in [-0.2, -0.15) is 1.33 Å². The molecule has 0 bridgehead atoms. The van der Waals surface area contributed by atoms with Crippen LogP contribution in [0.1, 0.15) is 0 Å². The van der Waals surface area contributed by atoms with Crippen LogP contribution < -0.4 is 5.32 Å². The molecule has 0 aliphatic heterocycles. The lowest BCUT2D eigenvalue weighted by Crippen LogP contribution is -2.44. The lowest BCUT2D eigenvalue weighted by atomic mass is 10.4. The summed E-state index contributed by atoms with van der Waals surface area (Å²) in [6.07, 6.45) is 1.64. The zero-order valence-corrected chi connectivity index (χ0v) is 18.4. The van der Waals surface area contributed by atoms with E-state index in [1.165, 1.54) is 0 Å². The Morgan fingerprint density at radius 2 is 1.76 bits per heavy atom. The van der Waals surface area contributed by atoms with Crippen LogP contribution in [0.25, 0.3) is 0 Å². The van der Waals surface area contributed by atoms with Crippen LogP contribution in [0.5, 0.6) is 0 Å². The molecule has 0 spiro atoms. The van der Waals surface area contributed by atoms with Crippen LogP contribution >= 0.6 is 91.5 Å². The third-order valence-corrected chi connectivity index (χ3v) is 3.45. The fourth-order valence-electron chi connectivity index (χ4n) is 0.788. The van der Waals surface area contributed by atoms with Gasteiger partial charge in [0.1, 0.15) is 0 Å². The van der Waals surface area contributed by atoms with Crippen LogP contribution in [0.2, 0.25) is 0 Å². The van der Waals surface area contributed by atoms with E-state index in [1.54, 1.807) is 6.08 Å². The first-order chi connectivity index (χ1) is 7.61. The van der Waals surface area contributed by atoms with Crippen molar-refractivity contribution in [1.82, 2.24) is 7.97 Å². The maximum Gasteiger partial charge on any atom is 0.250 e. The van der Waals surface area contributed by atoms with Crippen LogP contribution in [0.3, 0.4) is 0 Å². The number of carbonyl (C=O) groups is 1. The van der Waals surface area contributed by atoms with E-state index in [-0.39, 0.29) is 5.91 Å². The minimum absolute atomic E-state index is 0.0546. The standard InChI is InChI=1S/C8H14I4N4O/c1-16(2,3)6-13-8(17)4-7(15(11)12)5-14(9)10/h4H,5-6H2,1-3H3/p+1. The van der Waals surface area contributed by atoms with Crippen LogP contribution in [0.4, 0.5) is 0 Å². The van der Waals surface area contributed by atoms with E-state index in [2.05, 4.69) is 96.8 Å². The first-order valence-electron chi connectivity index (χ1n) is 4.61. The quantitative estimate of drug-likeness (QED) is 0.153. The van der Waals surface area contributed by atoms with E-state index >= 15 is 0 Å². The second kappa shape index (κ2) is 8.91. The van der Waals surface area contributed by atoms with E-state index in [1.807, 2.05) is 23.8 Å². The fourth-order valence-corrected chi connectivity index (χ4v) is 2.07. The summed E-state index contributed by atoms with van der Waals surface area (Å²) in [5.74, 6) is -0.0546. The first kappa shape index (κ1) is 18.9. The van der Waals surface area contributed by atoms with Crippen LogP contribution in [0, 0.1) is 0 Å². The molecule has 0 atom stereocenters. The van der Waals surface area contributed by atoms with Crippen molar-refractivity contribution in [3.63, 3.8) is 0 Å². The fraction of sp³-hybridized carbons (Fsp3) is 0.625. The third-order valence-electron chi connectivity index (χ3n) is 1.52. The van der Waals surface area contributed by atoms with Gasteiger partial charge in [0.2, 0.25) is 5.91 Å². The smallest absolute Gasteiger partial charge is 0.250 e. The van der Waals surface area contributed by atoms with Gasteiger partial charge >= 0.3 is 0 Å². The maximum absolute atomic E-state index is 11.7. The van der Waals surface area contributed by atoms with Gasteiger partial charge in [0.25, 0.3) is 0 Å². The summed E-state index contributed by atoms with van der Waals surface area (Å²) in [6, 6.07) is 0. The highest BCUT2D eigenvalue weighted by atomic mass is 127.